The van der Waals surface area contributed by atoms with Crippen LogP contribution >= 0.6 is 0 Å². The summed E-state index contributed by atoms with van der Waals surface area (Å²) in [5.74, 6) is -0.405. The molecule has 2 unspecified atom stereocenters. The number of hydrogen-bond acceptors (Lipinski definition) is 2. The Morgan fingerprint density at radius 3 is 2.72 bits per heavy atom. The number of hydrogen-bond donors (Lipinski definition) is 2. The van der Waals surface area contributed by atoms with E-state index in [1.165, 1.54) is 5.57 Å². The minimum Gasteiger partial charge on any atom is -0.478 e. The van der Waals surface area contributed by atoms with Gasteiger partial charge in [0.05, 0.1) is 6.10 Å². The first-order valence-electron chi connectivity index (χ1n) is 6.61. The van der Waals surface area contributed by atoms with Crippen molar-refractivity contribution in [1.29, 1.82) is 0 Å². The molecule has 1 fully saturated rings. The smallest absolute Gasteiger partial charge is 0.331 e. The summed E-state index contributed by atoms with van der Waals surface area (Å²) in [5, 5.41) is 19.5. The molecule has 2 aliphatic carbocycles. The van der Waals surface area contributed by atoms with Gasteiger partial charge in [-0.3, -0.25) is 0 Å². The van der Waals surface area contributed by atoms with Crippen LogP contribution in [0.1, 0.15) is 39.5 Å². The summed E-state index contributed by atoms with van der Waals surface area (Å²) in [7, 11) is 0. The SMILES string of the molecule is C=C1CC/C=C(\C(=O)O)C[C@H](O)C2C1CC2(C)C. The van der Waals surface area contributed by atoms with Crippen LogP contribution in [0.2, 0.25) is 0 Å². The lowest BCUT2D eigenvalue weighted by molar-refractivity contribution is -0.134. The van der Waals surface area contributed by atoms with Gasteiger partial charge in [0.25, 0.3) is 0 Å². The molecule has 3 nitrogen and oxygen atoms in total. The standard InChI is InChI=1S/C15H22O3/c1-9-5-4-6-10(14(17)18)7-12(16)13-11(9)8-15(13,2)3/h6,11-13,16H,1,4-5,7-8H2,2-3H3,(H,17,18)/b10-6-/t11?,12-,13?/m0/s1. The molecular weight excluding hydrogens is 228 g/mol. The zero-order chi connectivity index (χ0) is 13.5. The molecule has 100 valence electrons. The molecule has 1 saturated carbocycles. The van der Waals surface area contributed by atoms with Crippen LogP contribution in [-0.4, -0.2) is 22.3 Å². The van der Waals surface area contributed by atoms with E-state index in [4.69, 9.17) is 5.11 Å². The molecule has 2 N–H and O–H groups in total. The van der Waals surface area contributed by atoms with E-state index in [1.807, 2.05) is 0 Å². The number of fused-ring (bicyclic) bond motifs is 1. The molecule has 0 aromatic carbocycles. The molecule has 0 amide bonds. The van der Waals surface area contributed by atoms with E-state index in [-0.39, 0.29) is 17.8 Å². The molecule has 0 bridgehead atoms. The molecule has 18 heavy (non-hydrogen) atoms. The summed E-state index contributed by atoms with van der Waals surface area (Å²) in [5.41, 5.74) is 1.60. The van der Waals surface area contributed by atoms with Crippen molar-refractivity contribution >= 4 is 5.97 Å². The van der Waals surface area contributed by atoms with Crippen molar-refractivity contribution in [2.24, 2.45) is 17.3 Å². The fourth-order valence-corrected chi connectivity index (χ4v) is 3.63. The molecular formula is C15H22O3. The van der Waals surface area contributed by atoms with Crippen molar-refractivity contribution in [1.82, 2.24) is 0 Å². The minimum atomic E-state index is -0.907. The third-order valence-corrected chi connectivity index (χ3v) is 4.58. The highest BCUT2D eigenvalue weighted by Crippen LogP contribution is 2.56. The number of allylic oxidation sites excluding steroid dienone is 2. The molecule has 0 saturated heterocycles. The summed E-state index contributed by atoms with van der Waals surface area (Å²) >= 11 is 0. The first-order chi connectivity index (χ1) is 8.33. The molecule has 0 radical (unpaired) electrons. The van der Waals surface area contributed by atoms with Gasteiger partial charge in [-0.05, 0) is 36.5 Å². The molecule has 2 rings (SSSR count). The van der Waals surface area contributed by atoms with Crippen molar-refractivity contribution < 1.29 is 15.0 Å². The maximum absolute atomic E-state index is 11.1. The van der Waals surface area contributed by atoms with Crippen molar-refractivity contribution in [3.05, 3.63) is 23.8 Å². The van der Waals surface area contributed by atoms with Gasteiger partial charge in [-0.1, -0.05) is 32.1 Å². The lowest BCUT2D eigenvalue weighted by Crippen LogP contribution is -2.51. The second-order valence-corrected chi connectivity index (χ2v) is 6.33. The molecule has 0 aliphatic heterocycles. The van der Waals surface area contributed by atoms with Crippen LogP contribution in [0.15, 0.2) is 23.8 Å². The van der Waals surface area contributed by atoms with Gasteiger partial charge >= 0.3 is 5.97 Å². The maximum Gasteiger partial charge on any atom is 0.331 e. The number of aliphatic carboxylic acids is 1. The zero-order valence-electron chi connectivity index (χ0n) is 11.1. The second-order valence-electron chi connectivity index (χ2n) is 6.33. The van der Waals surface area contributed by atoms with Crippen LogP contribution in [0, 0.1) is 17.3 Å². The topological polar surface area (TPSA) is 57.5 Å². The fraction of sp³-hybridized carbons (Fsp3) is 0.667. The number of carbonyl (C=O) groups is 1. The van der Waals surface area contributed by atoms with Crippen LogP contribution in [0.3, 0.4) is 0 Å². The van der Waals surface area contributed by atoms with E-state index in [0.29, 0.717) is 11.5 Å². The van der Waals surface area contributed by atoms with Gasteiger partial charge < -0.3 is 10.2 Å². The fourth-order valence-electron chi connectivity index (χ4n) is 3.63. The van der Waals surface area contributed by atoms with Crippen LogP contribution in [0.4, 0.5) is 0 Å². The lowest BCUT2D eigenvalue weighted by Gasteiger charge is -2.54. The Morgan fingerprint density at radius 2 is 2.17 bits per heavy atom. The largest absolute Gasteiger partial charge is 0.478 e. The molecule has 3 heteroatoms. The molecule has 0 aromatic rings. The van der Waals surface area contributed by atoms with Gasteiger partial charge in [-0.2, -0.15) is 0 Å². The third kappa shape index (κ3) is 2.24. The van der Waals surface area contributed by atoms with Crippen LogP contribution < -0.4 is 0 Å². The van der Waals surface area contributed by atoms with Gasteiger partial charge in [0.15, 0.2) is 0 Å². The first kappa shape index (κ1) is 13.3. The summed E-state index contributed by atoms with van der Waals surface area (Å²) in [6, 6.07) is 0. The normalized spacial score (nSPS) is 38.3. The molecule has 2 aliphatic rings. The van der Waals surface area contributed by atoms with Crippen LogP contribution in [-0.2, 0) is 4.79 Å². The number of carboxylic acids is 1. The van der Waals surface area contributed by atoms with Gasteiger partial charge in [0, 0.05) is 12.0 Å². The quantitative estimate of drug-likeness (QED) is 0.703. The van der Waals surface area contributed by atoms with E-state index in [1.54, 1.807) is 6.08 Å². The monoisotopic (exact) mass is 250 g/mol. The Balaban J connectivity index is 2.25. The Bertz CT molecular complexity index is 406. The van der Waals surface area contributed by atoms with Gasteiger partial charge in [0.1, 0.15) is 0 Å². The van der Waals surface area contributed by atoms with Crippen molar-refractivity contribution in [3.63, 3.8) is 0 Å². The minimum absolute atomic E-state index is 0.0843. The molecule has 0 spiro atoms. The molecule has 0 aromatic heterocycles. The summed E-state index contributed by atoms with van der Waals surface area (Å²) in [6.07, 6.45) is 4.03. The second kappa shape index (κ2) is 4.54. The van der Waals surface area contributed by atoms with E-state index in [2.05, 4.69) is 20.4 Å². The highest BCUT2D eigenvalue weighted by atomic mass is 16.4. The highest BCUT2D eigenvalue weighted by molar-refractivity contribution is 5.86. The molecule has 0 heterocycles. The number of rotatable bonds is 1. The Hall–Kier alpha value is -1.09. The Kier molecular flexibility index (Phi) is 3.37. The lowest BCUT2D eigenvalue weighted by atomic mass is 9.51. The molecule has 3 atom stereocenters. The van der Waals surface area contributed by atoms with Crippen LogP contribution in [0.5, 0.6) is 0 Å². The van der Waals surface area contributed by atoms with Gasteiger partial charge in [-0.15, -0.1) is 0 Å². The van der Waals surface area contributed by atoms with Gasteiger partial charge in [0.2, 0.25) is 0 Å². The van der Waals surface area contributed by atoms with Gasteiger partial charge in [-0.25, -0.2) is 4.79 Å². The number of aliphatic hydroxyl groups is 1. The van der Waals surface area contributed by atoms with E-state index in [0.717, 1.165) is 19.3 Å². The summed E-state index contributed by atoms with van der Waals surface area (Å²) in [4.78, 5) is 11.1. The van der Waals surface area contributed by atoms with E-state index < -0.39 is 12.1 Å². The summed E-state index contributed by atoms with van der Waals surface area (Å²) < 4.78 is 0. The number of carboxylic acid groups (broad SMARTS) is 1. The van der Waals surface area contributed by atoms with Crippen molar-refractivity contribution in [2.45, 2.75) is 45.6 Å². The average Bonchev–Trinajstić information content (AvgIpc) is 2.27. The van der Waals surface area contributed by atoms with Crippen molar-refractivity contribution in [3.8, 4) is 0 Å². The Labute approximate surface area is 108 Å². The van der Waals surface area contributed by atoms with Crippen molar-refractivity contribution in [2.75, 3.05) is 0 Å². The maximum atomic E-state index is 11.1. The first-order valence-corrected chi connectivity index (χ1v) is 6.61. The zero-order valence-corrected chi connectivity index (χ0v) is 11.1. The predicted octanol–water partition coefficient (Wildman–Crippen LogP) is 2.76. The van der Waals surface area contributed by atoms with E-state index >= 15 is 0 Å². The average molecular weight is 250 g/mol. The van der Waals surface area contributed by atoms with Crippen LogP contribution in [0.25, 0.3) is 0 Å². The third-order valence-electron chi connectivity index (χ3n) is 4.58. The summed E-state index contributed by atoms with van der Waals surface area (Å²) in [6.45, 7) is 8.41. The Morgan fingerprint density at radius 1 is 1.50 bits per heavy atom. The highest BCUT2D eigenvalue weighted by Gasteiger charge is 2.51. The predicted molar refractivity (Wildman–Crippen MR) is 70.1 cm³/mol. The number of aliphatic hydroxyl groups excluding tert-OH is 1. The van der Waals surface area contributed by atoms with E-state index in [9.17, 15) is 9.90 Å².